The van der Waals surface area contributed by atoms with E-state index >= 15 is 0 Å². The number of aliphatic hydroxyl groups is 1. The van der Waals surface area contributed by atoms with Crippen molar-refractivity contribution in [1.29, 1.82) is 0 Å². The largest absolute Gasteiger partial charge is 0.497 e. The lowest BCUT2D eigenvalue weighted by atomic mass is 9.76. The Labute approximate surface area is 284 Å². The van der Waals surface area contributed by atoms with Gasteiger partial charge in [-0.15, -0.1) is 0 Å². The van der Waals surface area contributed by atoms with E-state index < -0.39 is 34.1 Å². The van der Waals surface area contributed by atoms with Crippen molar-refractivity contribution in [3.63, 3.8) is 0 Å². The number of amides is 1. The molecule has 1 aliphatic carbocycles. The summed E-state index contributed by atoms with van der Waals surface area (Å²) in [4.78, 5) is 17.8. The van der Waals surface area contributed by atoms with Crippen LogP contribution in [0.15, 0.2) is 108 Å². The maximum atomic E-state index is 13.7. The third-order valence-corrected chi connectivity index (χ3v) is 11.4. The molecule has 1 saturated carbocycles. The Kier molecular flexibility index (Phi) is 11.6. The molecule has 48 heavy (non-hydrogen) atoms. The molecule has 3 N–H and O–H groups in total. The van der Waals surface area contributed by atoms with Crippen LogP contribution in [-0.2, 0) is 22.0 Å². The quantitative estimate of drug-likeness (QED) is 0.159. The van der Waals surface area contributed by atoms with Gasteiger partial charge in [0.2, 0.25) is 10.0 Å². The van der Waals surface area contributed by atoms with Crippen LogP contribution in [0.2, 0.25) is 0 Å². The van der Waals surface area contributed by atoms with Gasteiger partial charge >= 0.3 is 0 Å². The predicted octanol–water partition coefficient (Wildman–Crippen LogP) is 5.62. The standard InChI is InChI=1S/C38H46N4O5S/c1-28(30-16-9-5-10-17-30)42(2)48(45,46)34-23-31(25-39-26-34)37(44)41-35(22-29-14-7-4-8-15-29)36(43)27-40-38(20-11-6-12-21-38)32-18-13-19-33(24-32)47-3/h4-5,7-10,13-19,23-26,28,35-36,40,43H,6,11-12,20-22,27H2,1-3H3,(H,41,44)/t28-,35+,36-/m1/s1. The van der Waals surface area contributed by atoms with Crippen molar-refractivity contribution >= 4 is 15.9 Å². The molecule has 4 aromatic rings. The maximum absolute atomic E-state index is 13.7. The molecule has 1 amide bonds. The minimum atomic E-state index is -3.97. The van der Waals surface area contributed by atoms with E-state index in [0.29, 0.717) is 6.42 Å². The number of rotatable bonds is 14. The molecule has 0 spiro atoms. The minimum absolute atomic E-state index is 0.0835. The molecule has 0 radical (unpaired) electrons. The molecule has 5 rings (SSSR count). The zero-order valence-corrected chi connectivity index (χ0v) is 28.7. The number of pyridine rings is 1. The highest BCUT2D eigenvalue weighted by Crippen LogP contribution is 2.38. The molecule has 0 unspecified atom stereocenters. The van der Waals surface area contributed by atoms with E-state index in [1.54, 1.807) is 7.11 Å². The van der Waals surface area contributed by atoms with Crippen molar-refractivity contribution in [3.8, 4) is 5.75 Å². The predicted molar refractivity (Wildman–Crippen MR) is 187 cm³/mol. The summed E-state index contributed by atoms with van der Waals surface area (Å²) in [6.45, 7) is 2.05. The number of hydrogen-bond acceptors (Lipinski definition) is 7. The van der Waals surface area contributed by atoms with Crippen molar-refractivity contribution < 1.29 is 23.1 Å². The molecule has 0 saturated heterocycles. The average molecular weight is 671 g/mol. The van der Waals surface area contributed by atoms with Crippen LogP contribution in [0.5, 0.6) is 5.75 Å². The first-order valence-corrected chi connectivity index (χ1v) is 18.0. The van der Waals surface area contributed by atoms with E-state index in [9.17, 15) is 18.3 Å². The number of aliphatic hydroxyl groups excluding tert-OH is 1. The van der Waals surface area contributed by atoms with Crippen LogP contribution < -0.4 is 15.4 Å². The summed E-state index contributed by atoms with van der Waals surface area (Å²) in [5.74, 6) is 0.269. The van der Waals surface area contributed by atoms with Gasteiger partial charge < -0.3 is 20.5 Å². The molecule has 254 valence electrons. The third kappa shape index (κ3) is 8.30. The molecule has 0 bridgehead atoms. The summed E-state index contributed by atoms with van der Waals surface area (Å²) < 4.78 is 34.0. The highest BCUT2D eigenvalue weighted by atomic mass is 32.2. The number of ether oxygens (including phenoxy) is 1. The van der Waals surface area contributed by atoms with Gasteiger partial charge in [-0.05, 0) is 61.1 Å². The highest BCUT2D eigenvalue weighted by Gasteiger charge is 2.35. The third-order valence-electron chi connectivity index (χ3n) is 9.54. The number of nitrogens with zero attached hydrogens (tertiary/aromatic N) is 2. The molecule has 1 fully saturated rings. The van der Waals surface area contributed by atoms with Crippen LogP contribution in [0.1, 0.15) is 72.1 Å². The van der Waals surface area contributed by atoms with Gasteiger partial charge in [0.05, 0.1) is 24.8 Å². The SMILES string of the molecule is COc1cccc(C2(NC[C@@H](O)[C@H](Cc3ccccc3)NC(=O)c3cncc(S(=O)(=O)N(C)[C@H](C)c4ccccc4)c3)CCCCC2)c1. The van der Waals surface area contributed by atoms with E-state index in [2.05, 4.69) is 27.8 Å². The van der Waals surface area contributed by atoms with Gasteiger partial charge in [-0.2, -0.15) is 4.31 Å². The van der Waals surface area contributed by atoms with Crippen LogP contribution in [0.4, 0.5) is 0 Å². The second-order valence-corrected chi connectivity index (χ2v) is 14.6. The summed E-state index contributed by atoms with van der Waals surface area (Å²) in [6, 6.07) is 27.3. The van der Waals surface area contributed by atoms with Crippen LogP contribution in [0.3, 0.4) is 0 Å². The summed E-state index contributed by atoms with van der Waals surface area (Å²) in [7, 11) is -0.798. The number of carbonyl (C=O) groups is 1. The fraction of sp³-hybridized carbons (Fsp3) is 0.368. The second-order valence-electron chi connectivity index (χ2n) is 12.6. The van der Waals surface area contributed by atoms with Gasteiger partial charge in [0, 0.05) is 37.6 Å². The number of nitrogens with one attached hydrogen (secondary N) is 2. The van der Waals surface area contributed by atoms with Gasteiger partial charge in [0.15, 0.2) is 0 Å². The number of benzene rings is 3. The van der Waals surface area contributed by atoms with Crippen LogP contribution in [-0.4, -0.2) is 61.6 Å². The van der Waals surface area contributed by atoms with Crippen LogP contribution in [0, 0.1) is 0 Å². The maximum Gasteiger partial charge on any atom is 0.253 e. The Bertz CT molecular complexity index is 1750. The van der Waals surface area contributed by atoms with Crippen molar-refractivity contribution in [2.45, 2.75) is 74.1 Å². The Morgan fingerprint density at radius 3 is 2.33 bits per heavy atom. The highest BCUT2D eigenvalue weighted by molar-refractivity contribution is 7.89. The lowest BCUT2D eigenvalue weighted by Crippen LogP contribution is -2.53. The van der Waals surface area contributed by atoms with Crippen LogP contribution in [0.25, 0.3) is 0 Å². The molecule has 0 aliphatic heterocycles. The van der Waals surface area contributed by atoms with E-state index in [4.69, 9.17) is 4.74 Å². The van der Waals surface area contributed by atoms with Crippen molar-refractivity contribution in [3.05, 3.63) is 126 Å². The zero-order chi connectivity index (χ0) is 34.1. The Hall–Kier alpha value is -4.09. The lowest BCUT2D eigenvalue weighted by Gasteiger charge is -2.40. The molecule has 3 atom stereocenters. The van der Waals surface area contributed by atoms with Crippen molar-refractivity contribution in [2.24, 2.45) is 0 Å². The zero-order valence-electron chi connectivity index (χ0n) is 27.9. The van der Waals surface area contributed by atoms with Gasteiger partial charge in [-0.3, -0.25) is 9.78 Å². The first kappa shape index (κ1) is 35.2. The van der Waals surface area contributed by atoms with Gasteiger partial charge in [-0.25, -0.2) is 8.42 Å². The fourth-order valence-electron chi connectivity index (χ4n) is 6.49. The number of aromatic nitrogens is 1. The van der Waals surface area contributed by atoms with E-state index in [1.165, 1.54) is 29.8 Å². The topological polar surface area (TPSA) is 121 Å². The minimum Gasteiger partial charge on any atom is -0.497 e. The Morgan fingerprint density at radius 2 is 1.65 bits per heavy atom. The molecular weight excluding hydrogens is 625 g/mol. The fourth-order valence-corrected chi connectivity index (χ4v) is 7.83. The number of sulfonamides is 1. The van der Waals surface area contributed by atoms with Gasteiger partial charge in [-0.1, -0.05) is 92.1 Å². The number of carbonyl (C=O) groups excluding carboxylic acids is 1. The first-order valence-electron chi connectivity index (χ1n) is 16.5. The monoisotopic (exact) mass is 670 g/mol. The normalized spacial score (nSPS) is 16.5. The smallest absolute Gasteiger partial charge is 0.253 e. The molecule has 1 heterocycles. The Balaban J connectivity index is 1.35. The summed E-state index contributed by atoms with van der Waals surface area (Å²) in [6.07, 6.45) is 7.17. The van der Waals surface area contributed by atoms with E-state index in [-0.39, 0.29) is 22.5 Å². The van der Waals surface area contributed by atoms with Crippen molar-refractivity contribution in [2.75, 3.05) is 20.7 Å². The molecule has 1 aromatic heterocycles. The molecule has 1 aliphatic rings. The van der Waals surface area contributed by atoms with Crippen molar-refractivity contribution in [1.82, 2.24) is 19.9 Å². The molecule has 9 nitrogen and oxygen atoms in total. The lowest BCUT2D eigenvalue weighted by molar-refractivity contribution is 0.0788. The van der Waals surface area contributed by atoms with Gasteiger partial charge in [0.1, 0.15) is 10.6 Å². The van der Waals surface area contributed by atoms with Crippen LogP contribution >= 0.6 is 0 Å². The molecular formula is C38H46N4O5S. The van der Waals surface area contributed by atoms with E-state index in [1.807, 2.05) is 79.7 Å². The summed E-state index contributed by atoms with van der Waals surface area (Å²) >= 11 is 0. The molecule has 10 heteroatoms. The average Bonchev–Trinajstić information content (AvgIpc) is 3.14. The second kappa shape index (κ2) is 15.9. The van der Waals surface area contributed by atoms with Gasteiger partial charge in [0.25, 0.3) is 5.91 Å². The first-order chi connectivity index (χ1) is 23.1. The number of hydrogen-bond donors (Lipinski definition) is 3. The number of methoxy groups -OCH3 is 1. The molecule has 3 aromatic carbocycles. The Morgan fingerprint density at radius 1 is 0.958 bits per heavy atom. The van der Waals surface area contributed by atoms with E-state index in [0.717, 1.165) is 54.5 Å². The summed E-state index contributed by atoms with van der Waals surface area (Å²) in [5.41, 5.74) is 2.68. The summed E-state index contributed by atoms with van der Waals surface area (Å²) in [5, 5.41) is 18.4.